The first-order valence-corrected chi connectivity index (χ1v) is 6.14. The minimum Gasteiger partial charge on any atom is -0.396 e. The number of hydrogen-bond acceptors (Lipinski definition) is 8. The fourth-order valence-corrected chi connectivity index (χ4v) is 2.41. The quantitative estimate of drug-likeness (QED) is 0.229. The Kier molecular flexibility index (Phi) is 5.25. The lowest BCUT2D eigenvalue weighted by atomic mass is 10.3. The van der Waals surface area contributed by atoms with E-state index < -0.39 is 4.92 Å². The van der Waals surface area contributed by atoms with Crippen LogP contribution < -0.4 is 11.3 Å². The molecule has 4 N–H and O–H groups in total. The van der Waals surface area contributed by atoms with Crippen molar-refractivity contribution in [3.63, 3.8) is 0 Å². The van der Waals surface area contributed by atoms with Crippen LogP contribution >= 0.6 is 11.8 Å². The summed E-state index contributed by atoms with van der Waals surface area (Å²) in [5.41, 5.74) is 2.40. The molecule has 1 heterocycles. The predicted molar refractivity (Wildman–Crippen MR) is 68.3 cm³/mol. The number of nitro groups is 1. The average molecular weight is 273 g/mol. The summed E-state index contributed by atoms with van der Waals surface area (Å²) in [6.07, 6.45) is 0.524. The highest BCUT2D eigenvalue weighted by molar-refractivity contribution is 8.00. The molecule has 1 unspecified atom stereocenters. The minimum atomic E-state index is -0.510. The zero-order valence-corrected chi connectivity index (χ0v) is 10.9. The zero-order valence-electron chi connectivity index (χ0n) is 10.1. The number of aliphatic hydroxyl groups excluding tert-OH is 1. The molecule has 0 spiro atoms. The molecular formula is C9H15N5O3S. The Balaban J connectivity index is 3.13. The summed E-state index contributed by atoms with van der Waals surface area (Å²) in [7, 11) is 0. The fraction of sp³-hybridized carbons (Fsp3) is 0.556. The summed E-state index contributed by atoms with van der Waals surface area (Å²) >= 11 is 1.22. The van der Waals surface area contributed by atoms with Crippen LogP contribution in [0.15, 0.2) is 5.03 Å². The van der Waals surface area contributed by atoms with Gasteiger partial charge in [0.25, 0.3) is 0 Å². The number of nitrogens with zero attached hydrogens (tertiary/aromatic N) is 3. The van der Waals surface area contributed by atoms with E-state index in [4.69, 9.17) is 10.9 Å². The number of aromatic nitrogens is 2. The topological polar surface area (TPSA) is 127 Å². The molecule has 0 saturated heterocycles. The van der Waals surface area contributed by atoms with Gasteiger partial charge in [-0.3, -0.25) is 15.5 Å². The number of nitrogen functional groups attached to an aromatic ring is 1. The Morgan fingerprint density at radius 3 is 2.78 bits per heavy atom. The molecule has 1 atom stereocenters. The van der Waals surface area contributed by atoms with Crippen molar-refractivity contribution >= 4 is 23.4 Å². The van der Waals surface area contributed by atoms with Crippen molar-refractivity contribution < 1.29 is 10.0 Å². The number of nitrogens with one attached hydrogen (secondary N) is 1. The molecule has 0 aliphatic heterocycles. The maximum absolute atomic E-state index is 11.0. The second kappa shape index (κ2) is 6.47. The molecule has 100 valence electrons. The van der Waals surface area contributed by atoms with Crippen molar-refractivity contribution in [2.75, 3.05) is 12.0 Å². The number of aliphatic hydroxyl groups is 1. The van der Waals surface area contributed by atoms with Gasteiger partial charge in [0, 0.05) is 11.9 Å². The third-order valence-corrected chi connectivity index (χ3v) is 3.33. The third-order valence-electron chi connectivity index (χ3n) is 2.19. The van der Waals surface area contributed by atoms with Crippen LogP contribution in [-0.4, -0.2) is 31.9 Å². The molecule has 1 aromatic heterocycles. The van der Waals surface area contributed by atoms with Crippen molar-refractivity contribution in [2.24, 2.45) is 5.84 Å². The van der Waals surface area contributed by atoms with Crippen LogP contribution in [0.4, 0.5) is 11.6 Å². The minimum absolute atomic E-state index is 0.00799. The van der Waals surface area contributed by atoms with E-state index in [0.717, 1.165) is 0 Å². The lowest BCUT2D eigenvalue weighted by Crippen LogP contribution is -2.13. The summed E-state index contributed by atoms with van der Waals surface area (Å²) in [6.45, 7) is 3.41. The molecule has 0 aromatic carbocycles. The largest absolute Gasteiger partial charge is 0.396 e. The maximum Gasteiger partial charge on any atom is 0.322 e. The Morgan fingerprint density at radius 2 is 2.28 bits per heavy atom. The Labute approximate surface area is 108 Å². The van der Waals surface area contributed by atoms with Gasteiger partial charge in [0.2, 0.25) is 5.95 Å². The van der Waals surface area contributed by atoms with Crippen LogP contribution in [0.5, 0.6) is 0 Å². The van der Waals surface area contributed by atoms with E-state index >= 15 is 0 Å². The number of thioether (sulfide) groups is 1. The van der Waals surface area contributed by atoms with Crippen molar-refractivity contribution in [3.8, 4) is 0 Å². The fourth-order valence-electron chi connectivity index (χ4n) is 1.33. The lowest BCUT2D eigenvalue weighted by Gasteiger charge is -2.10. The average Bonchev–Trinajstić information content (AvgIpc) is 2.27. The zero-order chi connectivity index (χ0) is 13.7. The Bertz CT molecular complexity index is 442. The van der Waals surface area contributed by atoms with Crippen LogP contribution in [0.3, 0.4) is 0 Å². The van der Waals surface area contributed by atoms with Crippen LogP contribution in [0.2, 0.25) is 0 Å². The van der Waals surface area contributed by atoms with Crippen molar-refractivity contribution in [3.05, 3.63) is 15.8 Å². The molecule has 1 rings (SSSR count). The molecule has 0 aliphatic rings. The molecule has 0 bridgehead atoms. The van der Waals surface area contributed by atoms with Gasteiger partial charge in [-0.15, -0.1) is 0 Å². The van der Waals surface area contributed by atoms with Crippen LogP contribution in [0, 0.1) is 17.0 Å². The van der Waals surface area contributed by atoms with Gasteiger partial charge in [-0.1, -0.05) is 18.7 Å². The lowest BCUT2D eigenvalue weighted by molar-refractivity contribution is -0.389. The molecule has 0 fully saturated rings. The maximum atomic E-state index is 11.0. The SMILES string of the molecule is Cc1nc(NN)nc(SC(C)CCO)c1[N+](=O)[O-]. The molecule has 8 nitrogen and oxygen atoms in total. The standard InChI is InChI=1S/C9H15N5O3S/c1-5(3-4-15)18-8-7(14(16)17)6(2)11-9(12-8)13-10/h5,15H,3-4,10H2,1-2H3,(H,11,12,13). The summed E-state index contributed by atoms with van der Waals surface area (Å²) < 4.78 is 0. The molecule has 0 amide bonds. The van der Waals surface area contributed by atoms with Gasteiger partial charge in [-0.25, -0.2) is 10.8 Å². The number of rotatable bonds is 6. The van der Waals surface area contributed by atoms with Gasteiger partial charge in [0.15, 0.2) is 5.03 Å². The number of aryl methyl sites for hydroxylation is 1. The molecule has 0 aliphatic carbocycles. The van der Waals surface area contributed by atoms with Crippen molar-refractivity contribution in [1.29, 1.82) is 0 Å². The van der Waals surface area contributed by atoms with E-state index in [-0.39, 0.29) is 34.2 Å². The van der Waals surface area contributed by atoms with Crippen LogP contribution in [-0.2, 0) is 0 Å². The number of hydrogen-bond donors (Lipinski definition) is 3. The van der Waals surface area contributed by atoms with E-state index in [0.29, 0.717) is 6.42 Å². The highest BCUT2D eigenvalue weighted by Crippen LogP contribution is 2.33. The highest BCUT2D eigenvalue weighted by Gasteiger charge is 2.23. The van der Waals surface area contributed by atoms with Crippen LogP contribution in [0.25, 0.3) is 0 Å². The number of hydrazine groups is 1. The van der Waals surface area contributed by atoms with E-state index in [1.54, 1.807) is 0 Å². The normalized spacial score (nSPS) is 12.2. The van der Waals surface area contributed by atoms with Gasteiger partial charge in [-0.2, -0.15) is 4.98 Å². The monoisotopic (exact) mass is 273 g/mol. The summed E-state index contributed by atoms with van der Waals surface area (Å²) in [4.78, 5) is 18.3. The summed E-state index contributed by atoms with van der Waals surface area (Å²) in [6, 6.07) is 0. The molecular weight excluding hydrogens is 258 g/mol. The summed E-state index contributed by atoms with van der Waals surface area (Å²) in [5.74, 6) is 5.35. The van der Waals surface area contributed by atoms with Gasteiger partial charge < -0.3 is 5.11 Å². The second-order valence-corrected chi connectivity index (χ2v) is 5.06. The van der Waals surface area contributed by atoms with Gasteiger partial charge in [-0.05, 0) is 13.3 Å². The van der Waals surface area contributed by atoms with Crippen molar-refractivity contribution in [2.45, 2.75) is 30.5 Å². The first kappa shape index (κ1) is 14.6. The van der Waals surface area contributed by atoms with Gasteiger partial charge in [0.1, 0.15) is 5.69 Å². The molecule has 18 heavy (non-hydrogen) atoms. The predicted octanol–water partition coefficient (Wildman–Crippen LogP) is 0.842. The van der Waals surface area contributed by atoms with Gasteiger partial charge >= 0.3 is 5.69 Å². The molecule has 0 radical (unpaired) electrons. The molecule has 9 heteroatoms. The van der Waals surface area contributed by atoms with Crippen LogP contribution in [0.1, 0.15) is 19.0 Å². The molecule has 1 aromatic rings. The van der Waals surface area contributed by atoms with E-state index in [1.807, 2.05) is 6.92 Å². The van der Waals surface area contributed by atoms with Gasteiger partial charge in [0.05, 0.1) is 4.92 Å². The Morgan fingerprint density at radius 1 is 1.61 bits per heavy atom. The van der Waals surface area contributed by atoms with E-state index in [2.05, 4.69) is 15.4 Å². The second-order valence-electron chi connectivity index (χ2n) is 3.63. The Hall–Kier alpha value is -1.45. The van der Waals surface area contributed by atoms with E-state index in [9.17, 15) is 10.1 Å². The number of anilines is 1. The third kappa shape index (κ3) is 3.52. The van der Waals surface area contributed by atoms with E-state index in [1.165, 1.54) is 18.7 Å². The number of nitrogens with two attached hydrogens (primary N) is 1. The highest BCUT2D eigenvalue weighted by atomic mass is 32.2. The first-order valence-electron chi connectivity index (χ1n) is 5.26. The summed E-state index contributed by atoms with van der Waals surface area (Å²) in [5, 5.41) is 20.1. The smallest absolute Gasteiger partial charge is 0.322 e. The molecule has 0 saturated carbocycles. The first-order chi connectivity index (χ1) is 8.49. The van der Waals surface area contributed by atoms with Crippen molar-refractivity contribution in [1.82, 2.24) is 9.97 Å².